The summed E-state index contributed by atoms with van der Waals surface area (Å²) in [4.78, 5) is 22.6. The largest absolute Gasteiger partial charge is 0.444 e. The van der Waals surface area contributed by atoms with Crippen molar-refractivity contribution in [1.29, 1.82) is 0 Å². The van der Waals surface area contributed by atoms with Crippen molar-refractivity contribution in [1.82, 2.24) is 16.0 Å². The third-order valence-electron chi connectivity index (χ3n) is 3.04. The lowest BCUT2D eigenvalue weighted by molar-refractivity contribution is -0.121. The van der Waals surface area contributed by atoms with E-state index in [1.807, 2.05) is 20.8 Å². The highest BCUT2D eigenvalue weighted by Gasteiger charge is 2.20. The van der Waals surface area contributed by atoms with Crippen molar-refractivity contribution >= 4 is 12.0 Å². The summed E-state index contributed by atoms with van der Waals surface area (Å²) in [6, 6.07) is 0.154. The first-order chi connectivity index (χ1) is 9.78. The highest BCUT2D eigenvalue weighted by Crippen LogP contribution is 2.11. The van der Waals surface area contributed by atoms with Crippen molar-refractivity contribution in [2.45, 2.75) is 58.1 Å². The van der Waals surface area contributed by atoms with Crippen LogP contribution in [0.25, 0.3) is 0 Å². The predicted molar refractivity (Wildman–Crippen MR) is 81.8 cm³/mol. The quantitative estimate of drug-likeness (QED) is 0.652. The molecule has 0 bridgehead atoms. The third-order valence-corrected chi connectivity index (χ3v) is 3.04. The Balaban J connectivity index is 2.03. The molecule has 120 valence electrons. The van der Waals surface area contributed by atoms with E-state index in [-0.39, 0.29) is 18.0 Å². The van der Waals surface area contributed by atoms with E-state index in [0.29, 0.717) is 13.0 Å². The van der Waals surface area contributed by atoms with Gasteiger partial charge in [0, 0.05) is 24.7 Å². The Bertz CT molecular complexity index is 388. The zero-order valence-corrected chi connectivity index (χ0v) is 13.3. The first-order valence-electron chi connectivity index (χ1n) is 7.47. The van der Waals surface area contributed by atoms with Gasteiger partial charge in [0.25, 0.3) is 0 Å². The Kier molecular flexibility index (Phi) is 6.68. The number of ether oxygens (including phenoxy) is 1. The molecule has 1 aliphatic rings. The number of alkyl carbamates (subject to hydrolysis) is 1. The minimum Gasteiger partial charge on any atom is -0.444 e. The molecule has 1 aliphatic heterocycles. The molecular formula is C15H27N3O3. The fourth-order valence-corrected chi connectivity index (χ4v) is 2.03. The summed E-state index contributed by atoms with van der Waals surface area (Å²) in [5, 5.41) is 8.84. The molecule has 1 rings (SSSR count). The Morgan fingerprint density at radius 3 is 2.67 bits per heavy atom. The summed E-state index contributed by atoms with van der Waals surface area (Å²) in [6.45, 7) is 10.8. The van der Waals surface area contributed by atoms with Gasteiger partial charge in [-0.25, -0.2) is 4.79 Å². The van der Waals surface area contributed by atoms with Gasteiger partial charge in [-0.3, -0.25) is 4.79 Å². The van der Waals surface area contributed by atoms with Crippen LogP contribution in [0.2, 0.25) is 0 Å². The molecular weight excluding hydrogens is 270 g/mol. The van der Waals surface area contributed by atoms with Crippen molar-refractivity contribution in [2.75, 3.05) is 13.1 Å². The van der Waals surface area contributed by atoms with Gasteiger partial charge in [-0.05, 0) is 46.6 Å². The van der Waals surface area contributed by atoms with Crippen LogP contribution in [-0.2, 0) is 9.53 Å². The van der Waals surface area contributed by atoms with E-state index in [1.165, 1.54) is 0 Å². The van der Waals surface area contributed by atoms with Crippen LogP contribution in [0.5, 0.6) is 0 Å². The average Bonchev–Trinajstić information content (AvgIpc) is 2.33. The molecule has 1 unspecified atom stereocenters. The normalized spacial score (nSPS) is 19.1. The standard InChI is InChI=1S/C15H27N3O3/c1-11-12(7-8-13(19)18-11)16-9-5-6-10-17-14(20)21-15(2,3)4/h12,16H,1,5-10H2,2-4H3,(H,17,20)(H,18,19). The van der Waals surface area contributed by atoms with Gasteiger partial charge in [0.1, 0.15) is 5.60 Å². The number of rotatable bonds is 6. The van der Waals surface area contributed by atoms with Crippen molar-refractivity contribution in [2.24, 2.45) is 0 Å². The molecule has 1 heterocycles. The average molecular weight is 297 g/mol. The second-order valence-corrected chi connectivity index (χ2v) is 6.25. The van der Waals surface area contributed by atoms with E-state index >= 15 is 0 Å². The molecule has 6 heteroatoms. The van der Waals surface area contributed by atoms with Crippen LogP contribution in [0, 0.1) is 0 Å². The van der Waals surface area contributed by atoms with Gasteiger partial charge in [-0.15, -0.1) is 0 Å². The Morgan fingerprint density at radius 2 is 2.05 bits per heavy atom. The first-order valence-corrected chi connectivity index (χ1v) is 7.47. The molecule has 21 heavy (non-hydrogen) atoms. The van der Waals surface area contributed by atoms with E-state index in [2.05, 4.69) is 22.5 Å². The summed E-state index contributed by atoms with van der Waals surface area (Å²) in [7, 11) is 0. The number of carbonyl (C=O) groups excluding carboxylic acids is 2. The second-order valence-electron chi connectivity index (χ2n) is 6.25. The molecule has 1 atom stereocenters. The third kappa shape index (κ3) is 7.70. The number of nitrogens with one attached hydrogen (secondary N) is 3. The lowest BCUT2D eigenvalue weighted by Gasteiger charge is -2.26. The van der Waals surface area contributed by atoms with Gasteiger partial charge in [0.2, 0.25) is 5.91 Å². The highest BCUT2D eigenvalue weighted by atomic mass is 16.6. The van der Waals surface area contributed by atoms with Crippen LogP contribution in [0.15, 0.2) is 12.3 Å². The van der Waals surface area contributed by atoms with Crippen molar-refractivity contribution in [3.8, 4) is 0 Å². The Morgan fingerprint density at radius 1 is 1.38 bits per heavy atom. The van der Waals surface area contributed by atoms with E-state index in [1.54, 1.807) is 0 Å². The van der Waals surface area contributed by atoms with Gasteiger partial charge < -0.3 is 20.7 Å². The molecule has 3 N–H and O–H groups in total. The molecule has 1 saturated heterocycles. The van der Waals surface area contributed by atoms with Crippen molar-refractivity contribution in [3.05, 3.63) is 12.3 Å². The summed E-state index contributed by atoms with van der Waals surface area (Å²) < 4.78 is 5.15. The van der Waals surface area contributed by atoms with Gasteiger partial charge in [0.15, 0.2) is 0 Å². The van der Waals surface area contributed by atoms with Gasteiger partial charge >= 0.3 is 6.09 Å². The highest BCUT2D eigenvalue weighted by molar-refractivity contribution is 5.79. The maximum absolute atomic E-state index is 11.4. The Hall–Kier alpha value is -1.56. The minimum atomic E-state index is -0.461. The van der Waals surface area contributed by atoms with Crippen molar-refractivity contribution in [3.63, 3.8) is 0 Å². The number of carbonyl (C=O) groups is 2. The lowest BCUT2D eigenvalue weighted by atomic mass is 10.0. The van der Waals surface area contributed by atoms with Gasteiger partial charge in [0.05, 0.1) is 0 Å². The monoisotopic (exact) mass is 297 g/mol. The molecule has 0 saturated carbocycles. The zero-order chi connectivity index (χ0) is 15.9. The smallest absolute Gasteiger partial charge is 0.407 e. The summed E-state index contributed by atoms with van der Waals surface area (Å²) in [5.74, 6) is 0.0413. The maximum Gasteiger partial charge on any atom is 0.407 e. The van der Waals surface area contributed by atoms with E-state index in [9.17, 15) is 9.59 Å². The molecule has 0 aromatic heterocycles. The van der Waals surface area contributed by atoms with Gasteiger partial charge in [-0.2, -0.15) is 0 Å². The molecule has 0 spiro atoms. The molecule has 0 radical (unpaired) electrons. The number of amides is 2. The van der Waals surface area contributed by atoms with Gasteiger partial charge in [-0.1, -0.05) is 6.58 Å². The summed E-state index contributed by atoms with van der Waals surface area (Å²) in [6.07, 6.45) is 2.77. The number of hydrogen-bond acceptors (Lipinski definition) is 4. The maximum atomic E-state index is 11.4. The topological polar surface area (TPSA) is 79.5 Å². The van der Waals surface area contributed by atoms with Crippen LogP contribution >= 0.6 is 0 Å². The molecule has 0 aromatic rings. The molecule has 0 aliphatic carbocycles. The molecule has 2 amide bonds. The number of hydrogen-bond donors (Lipinski definition) is 3. The van der Waals surface area contributed by atoms with E-state index in [4.69, 9.17) is 4.74 Å². The lowest BCUT2D eigenvalue weighted by Crippen LogP contribution is -2.43. The van der Waals surface area contributed by atoms with Crippen LogP contribution in [0.3, 0.4) is 0 Å². The number of unbranched alkanes of at least 4 members (excludes halogenated alkanes) is 1. The van der Waals surface area contributed by atoms with Crippen molar-refractivity contribution < 1.29 is 14.3 Å². The number of piperidine rings is 1. The SMILES string of the molecule is C=C1NC(=O)CCC1NCCCCNC(=O)OC(C)(C)C. The minimum absolute atomic E-state index is 0.0413. The zero-order valence-electron chi connectivity index (χ0n) is 13.3. The fourth-order valence-electron chi connectivity index (χ4n) is 2.03. The summed E-state index contributed by atoms with van der Waals surface area (Å²) >= 11 is 0. The van der Waals surface area contributed by atoms with Crippen LogP contribution in [0.4, 0.5) is 4.79 Å². The molecule has 6 nitrogen and oxygen atoms in total. The fraction of sp³-hybridized carbons (Fsp3) is 0.733. The first kappa shape index (κ1) is 17.5. The second kappa shape index (κ2) is 8.02. The molecule has 0 aromatic carbocycles. The Labute approximate surface area is 126 Å². The van der Waals surface area contributed by atoms with E-state index in [0.717, 1.165) is 31.5 Å². The van der Waals surface area contributed by atoms with Crippen LogP contribution in [-0.4, -0.2) is 36.7 Å². The van der Waals surface area contributed by atoms with E-state index < -0.39 is 5.60 Å². The van der Waals surface area contributed by atoms with Crippen LogP contribution in [0.1, 0.15) is 46.5 Å². The summed E-state index contributed by atoms with van der Waals surface area (Å²) in [5.41, 5.74) is 0.287. The predicted octanol–water partition coefficient (Wildman–Crippen LogP) is 1.67. The van der Waals surface area contributed by atoms with Crippen LogP contribution < -0.4 is 16.0 Å². The molecule has 1 fully saturated rings.